The molecule has 24 heavy (non-hydrogen) atoms. The van der Waals surface area contributed by atoms with Crippen molar-refractivity contribution in [2.24, 2.45) is 0 Å². The molecule has 3 aromatic rings. The average molecular weight is 380 g/mol. The van der Waals surface area contributed by atoms with Crippen molar-refractivity contribution in [2.75, 3.05) is 0 Å². The number of Topliss-reactive ketones (excluding diaryl/α,β-unsaturated/α-hetero) is 1. The predicted molar refractivity (Wildman–Crippen MR) is 101 cm³/mol. The van der Waals surface area contributed by atoms with E-state index in [0.717, 1.165) is 21.2 Å². The third-order valence-corrected chi connectivity index (χ3v) is 5.06. The van der Waals surface area contributed by atoms with Gasteiger partial charge in [-0.2, -0.15) is 0 Å². The molecule has 0 bridgehead atoms. The lowest BCUT2D eigenvalue weighted by Gasteiger charge is -2.11. The van der Waals surface area contributed by atoms with Crippen molar-refractivity contribution in [3.63, 3.8) is 0 Å². The van der Waals surface area contributed by atoms with Crippen LogP contribution in [0.2, 0.25) is 0 Å². The number of halogens is 1. The molecule has 3 rings (SSSR count). The second-order valence-corrected chi connectivity index (χ2v) is 6.73. The van der Waals surface area contributed by atoms with Gasteiger partial charge in [0.2, 0.25) is 0 Å². The lowest BCUT2D eigenvalue weighted by atomic mass is 9.93. The molecular formula is C21H18BrNO. The quantitative estimate of drug-likeness (QED) is 0.555. The standard InChI is InChI=1S/C21H18BrNO/c1-14-13-23-20(12-19(14)22)21(24)11-17-9-6-10-18(15(17)2)16-7-4-3-5-8-16/h3-10,12-13H,11H2,1-2H3. The molecule has 1 aromatic heterocycles. The van der Waals surface area contributed by atoms with Crippen LogP contribution in [-0.4, -0.2) is 10.8 Å². The SMILES string of the molecule is Cc1cnc(C(=O)Cc2cccc(-c3ccccc3)c2C)cc1Br. The molecule has 1 heterocycles. The fourth-order valence-electron chi connectivity index (χ4n) is 2.72. The van der Waals surface area contributed by atoms with Crippen molar-refractivity contribution in [3.8, 4) is 11.1 Å². The molecule has 0 unspecified atom stereocenters. The predicted octanol–water partition coefficient (Wildman–Crippen LogP) is 5.55. The Hall–Kier alpha value is -2.26. The number of nitrogens with zero attached hydrogens (tertiary/aromatic N) is 1. The number of aromatic nitrogens is 1. The minimum absolute atomic E-state index is 0.0315. The average Bonchev–Trinajstić information content (AvgIpc) is 2.60. The zero-order valence-corrected chi connectivity index (χ0v) is 15.3. The Kier molecular flexibility index (Phi) is 4.91. The smallest absolute Gasteiger partial charge is 0.185 e. The number of aryl methyl sites for hydroxylation is 1. The van der Waals surface area contributed by atoms with Gasteiger partial charge in [-0.1, -0.05) is 64.5 Å². The summed E-state index contributed by atoms with van der Waals surface area (Å²) in [5.74, 6) is 0.0315. The molecule has 2 aromatic carbocycles. The van der Waals surface area contributed by atoms with E-state index in [0.29, 0.717) is 12.1 Å². The molecule has 0 aliphatic carbocycles. The van der Waals surface area contributed by atoms with E-state index in [9.17, 15) is 4.79 Å². The number of hydrogen-bond acceptors (Lipinski definition) is 2. The number of carbonyl (C=O) groups is 1. The van der Waals surface area contributed by atoms with Crippen molar-refractivity contribution in [3.05, 3.63) is 87.7 Å². The summed E-state index contributed by atoms with van der Waals surface area (Å²) in [7, 11) is 0. The van der Waals surface area contributed by atoms with Crippen LogP contribution in [0.4, 0.5) is 0 Å². The molecule has 0 atom stereocenters. The summed E-state index contributed by atoms with van der Waals surface area (Å²) in [6.07, 6.45) is 2.08. The largest absolute Gasteiger partial charge is 0.292 e. The highest BCUT2D eigenvalue weighted by atomic mass is 79.9. The van der Waals surface area contributed by atoms with Crippen LogP contribution < -0.4 is 0 Å². The van der Waals surface area contributed by atoms with Gasteiger partial charge in [-0.3, -0.25) is 9.78 Å². The number of carbonyl (C=O) groups excluding carboxylic acids is 1. The van der Waals surface area contributed by atoms with E-state index in [1.807, 2.05) is 37.3 Å². The van der Waals surface area contributed by atoms with Gasteiger partial charge < -0.3 is 0 Å². The van der Waals surface area contributed by atoms with Gasteiger partial charge in [0.25, 0.3) is 0 Å². The van der Waals surface area contributed by atoms with Crippen molar-refractivity contribution >= 4 is 21.7 Å². The Morgan fingerprint density at radius 1 is 1.04 bits per heavy atom. The van der Waals surface area contributed by atoms with Crippen LogP contribution in [0.25, 0.3) is 11.1 Å². The van der Waals surface area contributed by atoms with Gasteiger partial charge in [-0.05, 0) is 47.7 Å². The van der Waals surface area contributed by atoms with E-state index < -0.39 is 0 Å². The third kappa shape index (κ3) is 3.46. The summed E-state index contributed by atoms with van der Waals surface area (Å²) >= 11 is 3.46. The molecule has 120 valence electrons. The second kappa shape index (κ2) is 7.10. The molecule has 0 saturated heterocycles. The Labute approximate surface area is 150 Å². The fourth-order valence-corrected chi connectivity index (χ4v) is 3.04. The highest BCUT2D eigenvalue weighted by Crippen LogP contribution is 2.26. The second-order valence-electron chi connectivity index (χ2n) is 5.87. The van der Waals surface area contributed by atoms with E-state index in [4.69, 9.17) is 0 Å². The summed E-state index contributed by atoms with van der Waals surface area (Å²) in [6.45, 7) is 4.03. The van der Waals surface area contributed by atoms with Gasteiger partial charge in [-0.15, -0.1) is 0 Å². The molecule has 3 heteroatoms. The molecule has 0 spiro atoms. The van der Waals surface area contributed by atoms with Gasteiger partial charge in [0.1, 0.15) is 5.69 Å². The topological polar surface area (TPSA) is 30.0 Å². The summed E-state index contributed by atoms with van der Waals surface area (Å²) in [5, 5.41) is 0. The molecule has 0 fully saturated rings. The Morgan fingerprint density at radius 3 is 2.50 bits per heavy atom. The first-order chi connectivity index (χ1) is 11.6. The van der Waals surface area contributed by atoms with Crippen LogP contribution in [0.15, 0.2) is 65.3 Å². The summed E-state index contributed by atoms with van der Waals surface area (Å²) < 4.78 is 0.913. The zero-order chi connectivity index (χ0) is 17.1. The van der Waals surface area contributed by atoms with Crippen LogP contribution in [0.1, 0.15) is 27.2 Å². The maximum atomic E-state index is 12.6. The van der Waals surface area contributed by atoms with E-state index in [2.05, 4.69) is 46.0 Å². The summed E-state index contributed by atoms with van der Waals surface area (Å²) in [4.78, 5) is 16.9. The van der Waals surface area contributed by atoms with Gasteiger partial charge in [0, 0.05) is 17.1 Å². The molecule has 0 amide bonds. The monoisotopic (exact) mass is 379 g/mol. The first-order valence-electron chi connectivity index (χ1n) is 7.85. The van der Waals surface area contributed by atoms with Crippen LogP contribution in [-0.2, 0) is 6.42 Å². The normalized spacial score (nSPS) is 10.6. The Morgan fingerprint density at radius 2 is 1.79 bits per heavy atom. The van der Waals surface area contributed by atoms with Crippen molar-refractivity contribution in [1.29, 1.82) is 0 Å². The van der Waals surface area contributed by atoms with Gasteiger partial charge in [0.15, 0.2) is 5.78 Å². The van der Waals surface area contributed by atoms with Crippen LogP contribution in [0.5, 0.6) is 0 Å². The van der Waals surface area contributed by atoms with Crippen LogP contribution in [0.3, 0.4) is 0 Å². The molecule has 0 aliphatic rings. The van der Waals surface area contributed by atoms with Gasteiger partial charge in [0.05, 0.1) is 0 Å². The van der Waals surface area contributed by atoms with Crippen molar-refractivity contribution < 1.29 is 4.79 Å². The fraction of sp³-hybridized carbons (Fsp3) is 0.143. The number of hydrogen-bond donors (Lipinski definition) is 0. The highest BCUT2D eigenvalue weighted by molar-refractivity contribution is 9.10. The zero-order valence-electron chi connectivity index (χ0n) is 13.7. The van der Waals surface area contributed by atoms with E-state index in [1.165, 1.54) is 11.1 Å². The van der Waals surface area contributed by atoms with Crippen LogP contribution in [0, 0.1) is 13.8 Å². The van der Waals surface area contributed by atoms with Crippen molar-refractivity contribution in [2.45, 2.75) is 20.3 Å². The number of rotatable bonds is 4. The van der Waals surface area contributed by atoms with Gasteiger partial charge in [-0.25, -0.2) is 0 Å². The lowest BCUT2D eigenvalue weighted by Crippen LogP contribution is -2.08. The molecule has 2 nitrogen and oxygen atoms in total. The maximum absolute atomic E-state index is 12.6. The Balaban J connectivity index is 1.90. The van der Waals surface area contributed by atoms with Crippen LogP contribution >= 0.6 is 15.9 Å². The summed E-state index contributed by atoms with van der Waals surface area (Å²) in [5.41, 5.74) is 6.04. The minimum Gasteiger partial charge on any atom is -0.292 e. The first kappa shape index (κ1) is 16.6. The number of benzene rings is 2. The molecular weight excluding hydrogens is 362 g/mol. The lowest BCUT2D eigenvalue weighted by molar-refractivity contribution is 0.0988. The first-order valence-corrected chi connectivity index (χ1v) is 8.65. The summed E-state index contributed by atoms with van der Waals surface area (Å²) in [6, 6.07) is 18.2. The molecule has 0 radical (unpaired) electrons. The Bertz CT molecular complexity index is 888. The van der Waals surface area contributed by atoms with Crippen molar-refractivity contribution in [1.82, 2.24) is 4.98 Å². The highest BCUT2D eigenvalue weighted by Gasteiger charge is 2.13. The molecule has 0 aliphatic heterocycles. The maximum Gasteiger partial charge on any atom is 0.185 e. The van der Waals surface area contributed by atoms with E-state index in [1.54, 1.807) is 12.3 Å². The molecule has 0 saturated carbocycles. The number of pyridine rings is 1. The van der Waals surface area contributed by atoms with E-state index >= 15 is 0 Å². The minimum atomic E-state index is 0.0315. The van der Waals surface area contributed by atoms with E-state index in [-0.39, 0.29) is 5.78 Å². The molecule has 0 N–H and O–H groups in total. The number of ketones is 1. The third-order valence-electron chi connectivity index (χ3n) is 4.20. The van der Waals surface area contributed by atoms with Gasteiger partial charge >= 0.3 is 0 Å².